The number of hydrogen-bond donors (Lipinski definition) is 3. The van der Waals surface area contributed by atoms with E-state index in [1.807, 2.05) is 19.9 Å². The topological polar surface area (TPSA) is 82.5 Å². The minimum absolute atomic E-state index is 0.129. The number of nitrogens with one attached hydrogen (secondary N) is 1. The fourth-order valence-electron chi connectivity index (χ4n) is 2.13. The number of aliphatic carboxylic acids is 1. The minimum atomic E-state index is -0.905. The Kier molecular flexibility index (Phi) is 4.08. The van der Waals surface area contributed by atoms with E-state index in [2.05, 4.69) is 10.3 Å². The van der Waals surface area contributed by atoms with Crippen LogP contribution in [0, 0.1) is 5.92 Å². The van der Waals surface area contributed by atoms with Gasteiger partial charge in [-0.2, -0.15) is 0 Å². The van der Waals surface area contributed by atoms with Gasteiger partial charge in [0.2, 0.25) is 0 Å². The number of fused-ring (bicyclic) bond motifs is 1. The Morgan fingerprint density at radius 3 is 2.75 bits per heavy atom. The van der Waals surface area contributed by atoms with Crippen LogP contribution in [0.4, 0.5) is 5.82 Å². The first-order chi connectivity index (χ1) is 9.47. The Bertz CT molecular complexity index is 626. The number of phenolic OH excluding ortho intramolecular Hbond substituents is 1. The standard InChI is InChI=1S/C15H18N2O3/c1-9(2)7-13(15(19)20)17-14-12-8-11(18)4-3-10(12)5-6-16-14/h3-6,8-9,13,18H,7H2,1-2H3,(H,16,17)(H,19,20). The van der Waals surface area contributed by atoms with Crippen molar-refractivity contribution in [2.75, 3.05) is 5.32 Å². The van der Waals surface area contributed by atoms with Gasteiger partial charge >= 0.3 is 5.97 Å². The number of rotatable bonds is 5. The number of anilines is 1. The molecule has 0 fully saturated rings. The highest BCUT2D eigenvalue weighted by atomic mass is 16.4. The van der Waals surface area contributed by atoms with Crippen LogP contribution in [0.2, 0.25) is 0 Å². The number of hydrogen-bond acceptors (Lipinski definition) is 4. The van der Waals surface area contributed by atoms with E-state index in [1.165, 1.54) is 0 Å². The molecule has 5 heteroatoms. The number of carboxylic acid groups (broad SMARTS) is 1. The van der Waals surface area contributed by atoms with E-state index in [1.54, 1.807) is 24.4 Å². The van der Waals surface area contributed by atoms with Crippen LogP contribution in [0.25, 0.3) is 10.8 Å². The summed E-state index contributed by atoms with van der Waals surface area (Å²) in [5.74, 6) is -0.0413. The molecule has 20 heavy (non-hydrogen) atoms. The van der Waals surface area contributed by atoms with Gasteiger partial charge in [0.25, 0.3) is 0 Å². The summed E-state index contributed by atoms with van der Waals surface area (Å²) in [6.45, 7) is 3.94. The fourth-order valence-corrected chi connectivity index (χ4v) is 2.13. The quantitative estimate of drug-likeness (QED) is 0.781. The molecule has 0 saturated heterocycles. The van der Waals surface area contributed by atoms with E-state index >= 15 is 0 Å². The molecule has 0 aliphatic rings. The van der Waals surface area contributed by atoms with Crippen molar-refractivity contribution in [2.45, 2.75) is 26.3 Å². The second kappa shape index (κ2) is 5.77. The Hall–Kier alpha value is -2.30. The van der Waals surface area contributed by atoms with E-state index in [0.29, 0.717) is 17.6 Å². The van der Waals surface area contributed by atoms with Gasteiger partial charge < -0.3 is 15.5 Å². The monoisotopic (exact) mass is 274 g/mol. The second-order valence-corrected chi connectivity index (χ2v) is 5.23. The number of phenols is 1. The van der Waals surface area contributed by atoms with Crippen LogP contribution < -0.4 is 5.32 Å². The van der Waals surface area contributed by atoms with E-state index in [-0.39, 0.29) is 11.7 Å². The average molecular weight is 274 g/mol. The van der Waals surface area contributed by atoms with Crippen molar-refractivity contribution < 1.29 is 15.0 Å². The highest BCUT2D eigenvalue weighted by molar-refractivity contribution is 5.94. The zero-order valence-electron chi connectivity index (χ0n) is 11.5. The normalized spacial score (nSPS) is 12.6. The zero-order valence-corrected chi connectivity index (χ0v) is 11.5. The summed E-state index contributed by atoms with van der Waals surface area (Å²) in [6, 6.07) is 6.07. The number of carbonyl (C=O) groups is 1. The summed E-state index contributed by atoms with van der Waals surface area (Å²) in [7, 11) is 0. The molecule has 0 bridgehead atoms. The molecule has 0 amide bonds. The molecule has 1 unspecified atom stereocenters. The molecular formula is C15H18N2O3. The first-order valence-electron chi connectivity index (χ1n) is 6.54. The van der Waals surface area contributed by atoms with Crippen LogP contribution in [0.1, 0.15) is 20.3 Å². The van der Waals surface area contributed by atoms with E-state index in [0.717, 1.165) is 5.39 Å². The molecule has 5 nitrogen and oxygen atoms in total. The molecule has 1 aromatic carbocycles. The summed E-state index contributed by atoms with van der Waals surface area (Å²) in [5, 5.41) is 23.4. The summed E-state index contributed by atoms with van der Waals surface area (Å²) in [4.78, 5) is 15.5. The fraction of sp³-hybridized carbons (Fsp3) is 0.333. The number of benzene rings is 1. The molecule has 2 rings (SSSR count). The molecule has 1 aromatic heterocycles. The number of carboxylic acids is 1. The van der Waals surface area contributed by atoms with Gasteiger partial charge in [-0.05, 0) is 35.9 Å². The van der Waals surface area contributed by atoms with E-state index in [9.17, 15) is 15.0 Å². The van der Waals surface area contributed by atoms with Crippen LogP contribution in [-0.2, 0) is 4.79 Å². The predicted molar refractivity (Wildman–Crippen MR) is 77.9 cm³/mol. The lowest BCUT2D eigenvalue weighted by Gasteiger charge is -2.18. The molecule has 3 N–H and O–H groups in total. The molecule has 106 valence electrons. The van der Waals surface area contributed by atoms with Gasteiger partial charge in [-0.3, -0.25) is 0 Å². The molecule has 0 saturated carbocycles. The van der Waals surface area contributed by atoms with Gasteiger partial charge in [0.15, 0.2) is 0 Å². The molecule has 0 aliphatic carbocycles. The highest BCUT2D eigenvalue weighted by Crippen LogP contribution is 2.26. The second-order valence-electron chi connectivity index (χ2n) is 5.23. The van der Waals surface area contributed by atoms with Gasteiger partial charge in [0.1, 0.15) is 17.6 Å². The molecule has 0 spiro atoms. The third-order valence-electron chi connectivity index (χ3n) is 3.07. The number of pyridine rings is 1. The Morgan fingerprint density at radius 2 is 2.10 bits per heavy atom. The Balaban J connectivity index is 2.36. The first kappa shape index (κ1) is 14.1. The van der Waals surface area contributed by atoms with E-state index in [4.69, 9.17) is 0 Å². The van der Waals surface area contributed by atoms with Gasteiger partial charge in [0.05, 0.1) is 0 Å². The van der Waals surface area contributed by atoms with Crippen LogP contribution in [0.5, 0.6) is 5.75 Å². The molecule has 1 atom stereocenters. The number of aromatic nitrogens is 1. The number of nitrogens with zero attached hydrogens (tertiary/aromatic N) is 1. The van der Waals surface area contributed by atoms with Crippen molar-refractivity contribution in [1.29, 1.82) is 0 Å². The van der Waals surface area contributed by atoms with Gasteiger partial charge in [-0.15, -0.1) is 0 Å². The maximum Gasteiger partial charge on any atom is 0.326 e. The Labute approximate surface area is 117 Å². The maximum absolute atomic E-state index is 11.3. The van der Waals surface area contributed by atoms with Gasteiger partial charge in [-0.25, -0.2) is 9.78 Å². The van der Waals surface area contributed by atoms with Crippen molar-refractivity contribution in [3.63, 3.8) is 0 Å². The smallest absolute Gasteiger partial charge is 0.326 e. The van der Waals surface area contributed by atoms with Crippen molar-refractivity contribution in [3.8, 4) is 5.75 Å². The van der Waals surface area contributed by atoms with Crippen molar-refractivity contribution in [3.05, 3.63) is 30.5 Å². The largest absolute Gasteiger partial charge is 0.508 e. The molecular weight excluding hydrogens is 256 g/mol. The lowest BCUT2D eigenvalue weighted by Crippen LogP contribution is -2.31. The zero-order chi connectivity index (χ0) is 14.7. The summed E-state index contributed by atoms with van der Waals surface area (Å²) >= 11 is 0. The summed E-state index contributed by atoms with van der Waals surface area (Å²) in [6.07, 6.45) is 2.13. The highest BCUT2D eigenvalue weighted by Gasteiger charge is 2.20. The van der Waals surface area contributed by atoms with E-state index < -0.39 is 12.0 Å². The predicted octanol–water partition coefficient (Wildman–Crippen LogP) is 2.85. The van der Waals surface area contributed by atoms with Crippen LogP contribution in [0.3, 0.4) is 0 Å². The third-order valence-corrected chi connectivity index (χ3v) is 3.07. The summed E-state index contributed by atoms with van der Waals surface area (Å²) in [5.41, 5.74) is 0. The van der Waals surface area contributed by atoms with Crippen LogP contribution in [0.15, 0.2) is 30.5 Å². The van der Waals surface area contributed by atoms with Crippen LogP contribution in [-0.4, -0.2) is 27.2 Å². The number of aromatic hydroxyl groups is 1. The molecule has 1 heterocycles. The third kappa shape index (κ3) is 3.17. The molecule has 0 radical (unpaired) electrons. The Morgan fingerprint density at radius 1 is 1.35 bits per heavy atom. The van der Waals surface area contributed by atoms with Gasteiger partial charge in [0, 0.05) is 11.6 Å². The lowest BCUT2D eigenvalue weighted by molar-refractivity contribution is -0.138. The van der Waals surface area contributed by atoms with Crippen LogP contribution >= 0.6 is 0 Å². The van der Waals surface area contributed by atoms with Crippen molar-refractivity contribution in [2.24, 2.45) is 5.92 Å². The lowest BCUT2D eigenvalue weighted by atomic mass is 10.0. The van der Waals surface area contributed by atoms with Gasteiger partial charge in [-0.1, -0.05) is 19.9 Å². The van der Waals surface area contributed by atoms with Crippen molar-refractivity contribution in [1.82, 2.24) is 4.98 Å². The first-order valence-corrected chi connectivity index (χ1v) is 6.54. The van der Waals surface area contributed by atoms with Crippen molar-refractivity contribution >= 4 is 22.6 Å². The molecule has 0 aliphatic heterocycles. The maximum atomic E-state index is 11.3. The SMILES string of the molecule is CC(C)CC(Nc1nccc2ccc(O)cc12)C(=O)O. The minimum Gasteiger partial charge on any atom is -0.508 e. The molecule has 2 aromatic rings. The summed E-state index contributed by atoms with van der Waals surface area (Å²) < 4.78 is 0. The average Bonchev–Trinajstić information content (AvgIpc) is 2.38.